The van der Waals surface area contributed by atoms with Gasteiger partial charge in [0.25, 0.3) is 0 Å². The molecule has 0 unspecified atom stereocenters. The van der Waals surface area contributed by atoms with E-state index < -0.39 is 10.0 Å². The fourth-order valence-corrected chi connectivity index (χ4v) is 6.24. The second-order valence-corrected chi connectivity index (χ2v) is 11.1. The molecule has 2 aromatic carbocycles. The number of hydrogen-bond donors (Lipinski definition) is 0. The highest BCUT2D eigenvalue weighted by Gasteiger charge is 2.35. The van der Waals surface area contributed by atoms with Gasteiger partial charge in [-0.3, -0.25) is 9.69 Å². The lowest BCUT2D eigenvalue weighted by molar-refractivity contribution is -0.138. The molecular weight excluding hydrogens is 446 g/mol. The molecular formula is C24H30ClN3O3S. The number of nitrogens with zero attached hydrogens (tertiary/aromatic N) is 3. The van der Waals surface area contributed by atoms with Gasteiger partial charge in [-0.2, -0.15) is 0 Å². The standard InChI is InChI=1S/C24H30ClN3O3S/c25-23-10-8-21(9-11-23)19-32(30,31)28-12-4-7-22(18-28)24(29)27-15-13-26(14-16-27)17-20-5-2-1-3-6-20/h1-3,5-6,8-11,22H,4,7,12-19H2/t22-/m0/s1. The average molecular weight is 476 g/mol. The SMILES string of the molecule is O=C([C@H]1CCCN(S(=O)(=O)Cc2ccc(Cl)cc2)C1)N1CCN(Cc2ccccc2)CC1. The van der Waals surface area contributed by atoms with Crippen LogP contribution in [0, 0.1) is 5.92 Å². The summed E-state index contributed by atoms with van der Waals surface area (Å²) >= 11 is 5.90. The van der Waals surface area contributed by atoms with Crippen molar-refractivity contribution in [3.05, 3.63) is 70.7 Å². The number of rotatable bonds is 6. The van der Waals surface area contributed by atoms with Crippen molar-refractivity contribution in [2.75, 3.05) is 39.3 Å². The van der Waals surface area contributed by atoms with Crippen molar-refractivity contribution in [2.45, 2.75) is 25.1 Å². The molecule has 1 amide bonds. The highest BCUT2D eigenvalue weighted by atomic mass is 35.5. The number of halogens is 1. The molecule has 0 saturated carbocycles. The first kappa shape index (κ1) is 23.2. The molecule has 1 atom stereocenters. The lowest BCUT2D eigenvalue weighted by atomic mass is 9.97. The Hall–Kier alpha value is -1.93. The quantitative estimate of drug-likeness (QED) is 0.643. The van der Waals surface area contributed by atoms with Gasteiger partial charge in [-0.05, 0) is 36.1 Å². The topological polar surface area (TPSA) is 60.9 Å². The maximum absolute atomic E-state index is 13.2. The molecule has 6 nitrogen and oxygen atoms in total. The van der Waals surface area contributed by atoms with Crippen LogP contribution in [0.4, 0.5) is 0 Å². The summed E-state index contributed by atoms with van der Waals surface area (Å²) in [5, 5.41) is 0.582. The van der Waals surface area contributed by atoms with E-state index in [2.05, 4.69) is 17.0 Å². The predicted molar refractivity (Wildman–Crippen MR) is 127 cm³/mol. The van der Waals surface area contributed by atoms with Crippen molar-refractivity contribution in [3.63, 3.8) is 0 Å². The van der Waals surface area contributed by atoms with Gasteiger partial charge in [0.1, 0.15) is 0 Å². The molecule has 8 heteroatoms. The summed E-state index contributed by atoms with van der Waals surface area (Å²) in [5.74, 6) is -0.233. The molecule has 32 heavy (non-hydrogen) atoms. The third-order valence-electron chi connectivity index (χ3n) is 6.32. The second kappa shape index (κ2) is 10.3. The maximum atomic E-state index is 13.2. The predicted octanol–water partition coefficient (Wildman–Crippen LogP) is 3.23. The van der Waals surface area contributed by atoms with Crippen LogP contribution < -0.4 is 0 Å². The van der Waals surface area contributed by atoms with E-state index in [-0.39, 0.29) is 24.1 Å². The fraction of sp³-hybridized carbons (Fsp3) is 0.458. The third kappa shape index (κ3) is 5.90. The summed E-state index contributed by atoms with van der Waals surface area (Å²) in [6.07, 6.45) is 1.46. The van der Waals surface area contributed by atoms with E-state index in [1.807, 2.05) is 23.1 Å². The molecule has 2 aromatic rings. The summed E-state index contributed by atoms with van der Waals surface area (Å²) in [6, 6.07) is 17.2. The number of carbonyl (C=O) groups is 1. The van der Waals surface area contributed by atoms with Gasteiger partial charge in [-0.15, -0.1) is 0 Å². The Morgan fingerprint density at radius 1 is 0.906 bits per heavy atom. The highest BCUT2D eigenvalue weighted by Crippen LogP contribution is 2.24. The molecule has 2 aliphatic heterocycles. The fourth-order valence-electron chi connectivity index (χ4n) is 4.51. The van der Waals surface area contributed by atoms with E-state index in [0.29, 0.717) is 36.6 Å². The smallest absolute Gasteiger partial charge is 0.227 e. The number of hydrogen-bond acceptors (Lipinski definition) is 4. The van der Waals surface area contributed by atoms with E-state index in [4.69, 9.17) is 11.6 Å². The van der Waals surface area contributed by atoms with E-state index in [9.17, 15) is 13.2 Å². The van der Waals surface area contributed by atoms with Crippen LogP contribution in [0.5, 0.6) is 0 Å². The van der Waals surface area contributed by atoms with Crippen LogP contribution >= 0.6 is 11.6 Å². The lowest BCUT2D eigenvalue weighted by Gasteiger charge is -2.38. The first-order chi connectivity index (χ1) is 15.4. The number of piperazine rings is 1. The number of carbonyl (C=O) groups excluding carboxylic acids is 1. The van der Waals surface area contributed by atoms with Crippen LogP contribution in [0.25, 0.3) is 0 Å². The van der Waals surface area contributed by atoms with Gasteiger partial charge in [0.2, 0.25) is 15.9 Å². The van der Waals surface area contributed by atoms with Crippen LogP contribution in [0.1, 0.15) is 24.0 Å². The Morgan fingerprint density at radius 2 is 1.59 bits per heavy atom. The maximum Gasteiger partial charge on any atom is 0.227 e. The summed E-state index contributed by atoms with van der Waals surface area (Å²) in [4.78, 5) is 17.4. The zero-order chi connectivity index (χ0) is 22.6. The molecule has 2 saturated heterocycles. The average Bonchev–Trinajstić information content (AvgIpc) is 2.81. The van der Waals surface area contributed by atoms with E-state index in [0.717, 1.165) is 26.1 Å². The van der Waals surface area contributed by atoms with Gasteiger partial charge in [0.05, 0.1) is 11.7 Å². The van der Waals surface area contributed by atoms with Crippen LogP contribution in [-0.2, 0) is 27.1 Å². The van der Waals surface area contributed by atoms with Crippen LogP contribution in [0.3, 0.4) is 0 Å². The monoisotopic (exact) mass is 475 g/mol. The van der Waals surface area contributed by atoms with E-state index in [1.54, 1.807) is 24.3 Å². The van der Waals surface area contributed by atoms with Gasteiger partial charge in [0.15, 0.2) is 0 Å². The molecule has 2 aliphatic rings. The Labute approximate surface area is 195 Å². The minimum atomic E-state index is -3.48. The number of benzene rings is 2. The summed E-state index contributed by atoms with van der Waals surface area (Å²) in [7, 11) is -3.48. The molecule has 0 spiro atoms. The first-order valence-corrected chi connectivity index (χ1v) is 13.2. The van der Waals surface area contributed by atoms with Crippen molar-refractivity contribution in [2.24, 2.45) is 5.92 Å². The Bertz CT molecular complexity index is 1010. The summed E-state index contributed by atoms with van der Waals surface area (Å²) in [5.41, 5.74) is 1.98. The van der Waals surface area contributed by atoms with Crippen molar-refractivity contribution in [1.29, 1.82) is 0 Å². The minimum absolute atomic E-state index is 0.0662. The lowest BCUT2D eigenvalue weighted by Crippen LogP contribution is -2.52. The largest absolute Gasteiger partial charge is 0.340 e. The summed E-state index contributed by atoms with van der Waals surface area (Å²) < 4.78 is 27.4. The molecule has 2 fully saturated rings. The van der Waals surface area contributed by atoms with Crippen LogP contribution in [-0.4, -0.2) is 67.7 Å². The zero-order valence-corrected chi connectivity index (χ0v) is 19.8. The van der Waals surface area contributed by atoms with Crippen molar-refractivity contribution < 1.29 is 13.2 Å². The van der Waals surface area contributed by atoms with Gasteiger partial charge < -0.3 is 4.90 Å². The Kier molecular flexibility index (Phi) is 7.51. The second-order valence-electron chi connectivity index (χ2n) is 8.67. The molecule has 2 heterocycles. The van der Waals surface area contributed by atoms with Gasteiger partial charge >= 0.3 is 0 Å². The Morgan fingerprint density at radius 3 is 2.28 bits per heavy atom. The van der Waals surface area contributed by atoms with Crippen LogP contribution in [0.2, 0.25) is 5.02 Å². The molecule has 0 aromatic heterocycles. The highest BCUT2D eigenvalue weighted by molar-refractivity contribution is 7.88. The summed E-state index contributed by atoms with van der Waals surface area (Å²) in [6.45, 7) is 4.71. The third-order valence-corrected chi connectivity index (χ3v) is 8.39. The van der Waals surface area contributed by atoms with Gasteiger partial charge in [0, 0.05) is 50.8 Å². The van der Waals surface area contributed by atoms with E-state index in [1.165, 1.54) is 9.87 Å². The van der Waals surface area contributed by atoms with E-state index >= 15 is 0 Å². The van der Waals surface area contributed by atoms with Gasteiger partial charge in [-0.25, -0.2) is 12.7 Å². The molecule has 172 valence electrons. The van der Waals surface area contributed by atoms with Crippen LogP contribution in [0.15, 0.2) is 54.6 Å². The van der Waals surface area contributed by atoms with Crippen molar-refractivity contribution in [3.8, 4) is 0 Å². The number of sulfonamides is 1. The number of amides is 1. The molecule has 0 bridgehead atoms. The van der Waals surface area contributed by atoms with Gasteiger partial charge in [-0.1, -0.05) is 54.1 Å². The van der Waals surface area contributed by atoms with Crippen molar-refractivity contribution >= 4 is 27.5 Å². The normalized spacial score (nSPS) is 20.9. The minimum Gasteiger partial charge on any atom is -0.340 e. The molecule has 4 rings (SSSR count). The molecule has 0 radical (unpaired) electrons. The first-order valence-electron chi connectivity index (χ1n) is 11.2. The zero-order valence-electron chi connectivity index (χ0n) is 18.2. The molecule has 0 aliphatic carbocycles. The number of piperidine rings is 1. The van der Waals surface area contributed by atoms with Crippen molar-refractivity contribution in [1.82, 2.24) is 14.1 Å². The Balaban J connectivity index is 1.31. The molecule has 0 N–H and O–H groups in total.